The van der Waals surface area contributed by atoms with Gasteiger partial charge in [0, 0.05) is 28.9 Å². The first-order valence-corrected chi connectivity index (χ1v) is 8.44. The normalized spacial score (nSPS) is 28.8. The van der Waals surface area contributed by atoms with Crippen molar-refractivity contribution >= 4 is 22.6 Å². The zero-order chi connectivity index (χ0) is 14.7. The average Bonchev–Trinajstić information content (AvgIpc) is 2.32. The summed E-state index contributed by atoms with van der Waals surface area (Å²) in [7, 11) is -0.988. The zero-order valence-electron chi connectivity index (χ0n) is 12.3. The van der Waals surface area contributed by atoms with Crippen molar-refractivity contribution < 1.29 is 13.8 Å². The molecule has 0 aromatic rings. The summed E-state index contributed by atoms with van der Waals surface area (Å²) in [6, 6.07) is -1.14. The fraction of sp³-hybridized carbons (Fsp3) is 0.846. The van der Waals surface area contributed by atoms with Crippen molar-refractivity contribution in [1.29, 1.82) is 0 Å². The van der Waals surface area contributed by atoms with Crippen LogP contribution < -0.4 is 5.32 Å². The third-order valence-corrected chi connectivity index (χ3v) is 4.73. The minimum absolute atomic E-state index is 0.0561. The molecule has 1 heterocycles. The summed E-state index contributed by atoms with van der Waals surface area (Å²) in [5.74, 6) is 0.320. The number of piperazine rings is 1. The fourth-order valence-corrected chi connectivity index (χ4v) is 3.29. The van der Waals surface area contributed by atoms with Gasteiger partial charge in [-0.2, -0.15) is 0 Å². The Hall–Kier alpha value is -0.910. The number of nitrogens with one attached hydrogen (secondary N) is 1. The van der Waals surface area contributed by atoms with E-state index in [0.717, 1.165) is 6.42 Å². The molecule has 5 atom stereocenters. The molecule has 0 radical (unpaired) electrons. The van der Waals surface area contributed by atoms with Crippen LogP contribution in [0.15, 0.2) is 0 Å². The highest BCUT2D eigenvalue weighted by atomic mass is 32.2. The van der Waals surface area contributed by atoms with Gasteiger partial charge in [-0.1, -0.05) is 20.3 Å². The van der Waals surface area contributed by atoms with Crippen LogP contribution in [0.1, 0.15) is 34.1 Å². The molecule has 2 amide bonds. The molecule has 1 fully saturated rings. The topological polar surface area (TPSA) is 66.5 Å². The van der Waals surface area contributed by atoms with E-state index in [2.05, 4.69) is 5.32 Å². The van der Waals surface area contributed by atoms with Gasteiger partial charge in [-0.05, 0) is 19.8 Å². The molecular formula is C13H24N2O3S. The van der Waals surface area contributed by atoms with Gasteiger partial charge >= 0.3 is 0 Å². The van der Waals surface area contributed by atoms with Gasteiger partial charge in [-0.3, -0.25) is 13.8 Å². The van der Waals surface area contributed by atoms with E-state index in [0.29, 0.717) is 5.75 Å². The molecule has 5 unspecified atom stereocenters. The number of nitrogens with zero attached hydrogens (tertiary/aromatic N) is 1. The molecule has 1 N–H and O–H groups in total. The predicted molar refractivity (Wildman–Crippen MR) is 76.1 cm³/mol. The zero-order valence-corrected chi connectivity index (χ0v) is 13.1. The number of carbonyl (C=O) groups excluding carboxylic acids is 2. The minimum atomic E-state index is -0.988. The molecule has 5 nitrogen and oxygen atoms in total. The largest absolute Gasteiger partial charge is 0.342 e. The van der Waals surface area contributed by atoms with Crippen LogP contribution in [-0.4, -0.2) is 51.1 Å². The molecule has 0 spiro atoms. The van der Waals surface area contributed by atoms with Gasteiger partial charge in [-0.25, -0.2) is 0 Å². The van der Waals surface area contributed by atoms with Crippen LogP contribution in [-0.2, 0) is 20.4 Å². The maximum atomic E-state index is 12.5. The molecule has 1 aliphatic rings. The van der Waals surface area contributed by atoms with E-state index in [-0.39, 0.29) is 23.8 Å². The van der Waals surface area contributed by atoms with Crippen molar-refractivity contribution in [2.75, 3.05) is 12.0 Å². The lowest BCUT2D eigenvalue weighted by atomic mass is 9.94. The van der Waals surface area contributed by atoms with E-state index in [1.807, 2.05) is 20.8 Å². The molecule has 1 rings (SSSR count). The Morgan fingerprint density at radius 1 is 1.37 bits per heavy atom. The van der Waals surface area contributed by atoms with Crippen LogP contribution in [0.2, 0.25) is 0 Å². The third kappa shape index (κ3) is 3.55. The monoisotopic (exact) mass is 288 g/mol. The van der Waals surface area contributed by atoms with Crippen molar-refractivity contribution in [3.8, 4) is 0 Å². The first-order chi connectivity index (χ1) is 8.79. The Kier molecular flexibility index (Phi) is 5.52. The van der Waals surface area contributed by atoms with Gasteiger partial charge in [0.25, 0.3) is 0 Å². The highest BCUT2D eigenvalue weighted by Crippen LogP contribution is 2.20. The van der Waals surface area contributed by atoms with Gasteiger partial charge in [0.05, 0.1) is 0 Å². The SMILES string of the molecule is CCC(C)C1NC(=O)C(C)N(C(C)CS(C)=O)C1=O. The molecular weight excluding hydrogens is 264 g/mol. The van der Waals surface area contributed by atoms with Crippen molar-refractivity contribution in [1.82, 2.24) is 10.2 Å². The molecule has 19 heavy (non-hydrogen) atoms. The van der Waals surface area contributed by atoms with Gasteiger partial charge in [-0.15, -0.1) is 0 Å². The van der Waals surface area contributed by atoms with Crippen molar-refractivity contribution in [3.63, 3.8) is 0 Å². The number of amides is 2. The summed E-state index contributed by atoms with van der Waals surface area (Å²) in [6.07, 6.45) is 2.44. The first-order valence-electron chi connectivity index (χ1n) is 6.72. The van der Waals surface area contributed by atoms with Crippen LogP contribution in [0.4, 0.5) is 0 Å². The lowest BCUT2D eigenvalue weighted by Gasteiger charge is -2.42. The van der Waals surface area contributed by atoms with E-state index in [1.165, 1.54) is 0 Å². The van der Waals surface area contributed by atoms with Crippen molar-refractivity contribution in [2.45, 2.75) is 52.2 Å². The molecule has 1 aliphatic heterocycles. The predicted octanol–water partition coefficient (Wildman–Crippen LogP) is 0.515. The Balaban J connectivity index is 2.95. The van der Waals surface area contributed by atoms with Gasteiger partial charge in [0.15, 0.2) is 0 Å². The second-order valence-electron chi connectivity index (χ2n) is 5.38. The van der Waals surface area contributed by atoms with E-state index in [1.54, 1.807) is 18.1 Å². The van der Waals surface area contributed by atoms with Crippen LogP contribution in [0, 0.1) is 5.92 Å². The second kappa shape index (κ2) is 6.50. The third-order valence-electron chi connectivity index (χ3n) is 3.78. The quantitative estimate of drug-likeness (QED) is 0.802. The number of hydrogen-bond donors (Lipinski definition) is 1. The fourth-order valence-electron chi connectivity index (χ4n) is 2.45. The summed E-state index contributed by atoms with van der Waals surface area (Å²) in [5, 5.41) is 2.80. The maximum Gasteiger partial charge on any atom is 0.246 e. The number of rotatable bonds is 5. The summed E-state index contributed by atoms with van der Waals surface area (Å²) in [5.41, 5.74) is 0. The molecule has 0 bridgehead atoms. The Bertz CT molecular complexity index is 386. The molecule has 0 aliphatic carbocycles. The molecule has 0 aromatic carbocycles. The molecule has 1 saturated heterocycles. The maximum absolute atomic E-state index is 12.5. The highest BCUT2D eigenvalue weighted by Gasteiger charge is 2.42. The molecule has 6 heteroatoms. The minimum Gasteiger partial charge on any atom is -0.342 e. The number of hydrogen-bond acceptors (Lipinski definition) is 3. The number of carbonyl (C=O) groups is 2. The highest BCUT2D eigenvalue weighted by molar-refractivity contribution is 7.84. The Morgan fingerprint density at radius 3 is 2.42 bits per heavy atom. The summed E-state index contributed by atoms with van der Waals surface area (Å²) in [4.78, 5) is 26.1. The standard InChI is InChI=1S/C13H24N2O3S/c1-6-8(2)11-13(17)15(9(3)7-19(5)18)10(4)12(16)14-11/h8-11H,6-7H2,1-5H3,(H,14,16). The summed E-state index contributed by atoms with van der Waals surface area (Å²) < 4.78 is 11.3. The summed E-state index contributed by atoms with van der Waals surface area (Å²) >= 11 is 0. The van der Waals surface area contributed by atoms with Crippen molar-refractivity contribution in [2.24, 2.45) is 5.92 Å². The van der Waals surface area contributed by atoms with E-state index in [9.17, 15) is 13.8 Å². The van der Waals surface area contributed by atoms with Crippen LogP contribution in [0.3, 0.4) is 0 Å². The van der Waals surface area contributed by atoms with E-state index < -0.39 is 22.9 Å². The first kappa shape index (κ1) is 16.1. The van der Waals surface area contributed by atoms with Crippen molar-refractivity contribution in [3.05, 3.63) is 0 Å². The Morgan fingerprint density at radius 2 is 1.95 bits per heavy atom. The average molecular weight is 288 g/mol. The second-order valence-corrected chi connectivity index (χ2v) is 6.86. The molecule has 0 aromatic heterocycles. The van der Waals surface area contributed by atoms with Gasteiger partial charge in [0.2, 0.25) is 11.8 Å². The van der Waals surface area contributed by atoms with Crippen LogP contribution >= 0.6 is 0 Å². The lowest BCUT2D eigenvalue weighted by Crippen LogP contribution is -2.66. The van der Waals surface area contributed by atoms with E-state index in [4.69, 9.17) is 0 Å². The van der Waals surface area contributed by atoms with Crippen LogP contribution in [0.25, 0.3) is 0 Å². The lowest BCUT2D eigenvalue weighted by molar-refractivity contribution is -0.152. The Labute approximate surface area is 117 Å². The molecule has 110 valence electrons. The molecule has 0 saturated carbocycles. The van der Waals surface area contributed by atoms with Crippen LogP contribution in [0.5, 0.6) is 0 Å². The van der Waals surface area contributed by atoms with Gasteiger partial charge < -0.3 is 10.2 Å². The smallest absolute Gasteiger partial charge is 0.246 e. The summed E-state index contributed by atoms with van der Waals surface area (Å²) in [6.45, 7) is 7.52. The van der Waals surface area contributed by atoms with Gasteiger partial charge in [0.1, 0.15) is 12.1 Å². The van der Waals surface area contributed by atoms with E-state index >= 15 is 0 Å².